The summed E-state index contributed by atoms with van der Waals surface area (Å²) >= 11 is 0. The molecule has 1 radical (unpaired) electrons. The van der Waals surface area contributed by atoms with Gasteiger partial charge in [0.15, 0.2) is 5.65 Å². The monoisotopic (exact) mass is 300 g/mol. The Balaban J connectivity index is 0.00000108. The summed E-state index contributed by atoms with van der Waals surface area (Å²) in [7, 11) is 0. The molecule has 4 heteroatoms. The van der Waals surface area contributed by atoms with E-state index in [1.807, 2.05) is 32.0 Å². The zero-order valence-electron chi connectivity index (χ0n) is 10.2. The van der Waals surface area contributed by atoms with Gasteiger partial charge in [0, 0.05) is 38.4 Å². The number of hydrogen-bond acceptors (Lipinski definition) is 2. The van der Waals surface area contributed by atoms with Crippen molar-refractivity contribution in [2.24, 2.45) is 0 Å². The molecule has 3 aromatic rings. The standard InChI is InChI=1S/C13H13N3.Y/c1-8-10(3)16-12-7-5-4-6-11(12)14-9(2)13(16)15-8;/h4-7H,1-3H3;. The molecule has 0 saturated heterocycles. The zero-order chi connectivity index (χ0) is 11.3. The number of aryl methyl sites for hydroxylation is 3. The molecule has 3 nitrogen and oxygen atoms in total. The third-order valence-corrected chi connectivity index (χ3v) is 3.08. The van der Waals surface area contributed by atoms with Gasteiger partial charge in [-0.2, -0.15) is 0 Å². The molecule has 1 aromatic carbocycles. The van der Waals surface area contributed by atoms with E-state index in [9.17, 15) is 0 Å². The Labute approximate surface area is 125 Å². The van der Waals surface area contributed by atoms with E-state index in [-0.39, 0.29) is 32.7 Å². The van der Waals surface area contributed by atoms with Gasteiger partial charge in [-0.3, -0.25) is 4.40 Å². The van der Waals surface area contributed by atoms with Gasteiger partial charge in [0.05, 0.1) is 22.4 Å². The van der Waals surface area contributed by atoms with Crippen LogP contribution in [-0.2, 0) is 32.7 Å². The first kappa shape index (κ1) is 12.7. The first-order chi connectivity index (χ1) is 7.68. The molecule has 0 aliphatic rings. The van der Waals surface area contributed by atoms with Gasteiger partial charge in [0.1, 0.15) is 0 Å². The molecule has 2 heterocycles. The zero-order valence-corrected chi connectivity index (χ0v) is 13.1. The average molecular weight is 300 g/mol. The van der Waals surface area contributed by atoms with E-state index in [0.717, 1.165) is 28.1 Å². The van der Waals surface area contributed by atoms with Crippen LogP contribution in [0.1, 0.15) is 17.1 Å². The smallest absolute Gasteiger partial charge is 0.159 e. The van der Waals surface area contributed by atoms with Crippen LogP contribution in [0.25, 0.3) is 16.7 Å². The van der Waals surface area contributed by atoms with Crippen molar-refractivity contribution in [3.8, 4) is 0 Å². The average Bonchev–Trinajstić information content (AvgIpc) is 2.57. The maximum atomic E-state index is 4.57. The molecular weight excluding hydrogens is 287 g/mol. The van der Waals surface area contributed by atoms with E-state index in [1.54, 1.807) is 0 Å². The van der Waals surface area contributed by atoms with Crippen molar-refractivity contribution in [1.29, 1.82) is 0 Å². The Hall–Kier alpha value is -0.796. The Bertz CT molecular complexity index is 701. The summed E-state index contributed by atoms with van der Waals surface area (Å²) < 4.78 is 2.19. The Kier molecular flexibility index (Phi) is 3.33. The fourth-order valence-corrected chi connectivity index (χ4v) is 2.13. The van der Waals surface area contributed by atoms with Crippen LogP contribution in [0.2, 0.25) is 0 Å². The van der Waals surface area contributed by atoms with Gasteiger partial charge in [-0.1, -0.05) is 12.1 Å². The molecule has 0 fully saturated rings. The van der Waals surface area contributed by atoms with Crippen LogP contribution in [-0.4, -0.2) is 14.4 Å². The topological polar surface area (TPSA) is 30.2 Å². The summed E-state index contributed by atoms with van der Waals surface area (Å²) in [6, 6.07) is 8.17. The fourth-order valence-electron chi connectivity index (χ4n) is 2.13. The van der Waals surface area contributed by atoms with Crippen LogP contribution in [0, 0.1) is 20.8 Å². The molecule has 0 amide bonds. The molecule has 0 aliphatic carbocycles. The Morgan fingerprint density at radius 1 is 0.941 bits per heavy atom. The molecule has 0 atom stereocenters. The van der Waals surface area contributed by atoms with Gasteiger partial charge in [-0.15, -0.1) is 0 Å². The van der Waals surface area contributed by atoms with Crippen molar-refractivity contribution in [3.63, 3.8) is 0 Å². The van der Waals surface area contributed by atoms with E-state index < -0.39 is 0 Å². The normalized spacial score (nSPS) is 10.8. The number of rotatable bonds is 0. The molecule has 0 spiro atoms. The molecule has 0 bridgehead atoms. The largest absolute Gasteiger partial charge is 0.294 e. The van der Waals surface area contributed by atoms with E-state index >= 15 is 0 Å². The minimum Gasteiger partial charge on any atom is -0.294 e. The van der Waals surface area contributed by atoms with Gasteiger partial charge in [0.2, 0.25) is 0 Å². The Morgan fingerprint density at radius 2 is 1.65 bits per heavy atom. The molecule has 0 N–H and O–H groups in total. The van der Waals surface area contributed by atoms with Crippen LogP contribution in [0.3, 0.4) is 0 Å². The predicted molar refractivity (Wildman–Crippen MR) is 64.7 cm³/mol. The second kappa shape index (κ2) is 4.47. The molecular formula is C13H13N3Y. The number of para-hydroxylation sites is 2. The SMILES string of the molecule is Cc1nc2c(C)nc3ccccc3n2c1C.[Y]. The van der Waals surface area contributed by atoms with Crippen LogP contribution in [0.5, 0.6) is 0 Å². The molecule has 17 heavy (non-hydrogen) atoms. The van der Waals surface area contributed by atoms with Gasteiger partial charge >= 0.3 is 0 Å². The third-order valence-electron chi connectivity index (χ3n) is 3.08. The predicted octanol–water partition coefficient (Wildman–Crippen LogP) is 2.81. The maximum Gasteiger partial charge on any atom is 0.159 e. The molecule has 3 rings (SSSR count). The van der Waals surface area contributed by atoms with E-state index in [0.29, 0.717) is 0 Å². The third kappa shape index (κ3) is 1.82. The molecule has 0 saturated carbocycles. The van der Waals surface area contributed by atoms with E-state index in [4.69, 9.17) is 0 Å². The number of imidazole rings is 1. The van der Waals surface area contributed by atoms with Gasteiger partial charge in [-0.25, -0.2) is 9.97 Å². The van der Waals surface area contributed by atoms with Gasteiger partial charge < -0.3 is 0 Å². The number of fused-ring (bicyclic) bond motifs is 3. The Morgan fingerprint density at radius 3 is 2.41 bits per heavy atom. The van der Waals surface area contributed by atoms with Crippen molar-refractivity contribution in [2.45, 2.75) is 20.8 Å². The first-order valence-electron chi connectivity index (χ1n) is 5.39. The summed E-state index contributed by atoms with van der Waals surface area (Å²) in [5, 5.41) is 0. The maximum absolute atomic E-state index is 4.57. The number of hydrogen-bond donors (Lipinski definition) is 0. The van der Waals surface area contributed by atoms with Crippen LogP contribution < -0.4 is 0 Å². The van der Waals surface area contributed by atoms with Crippen molar-refractivity contribution in [3.05, 3.63) is 41.3 Å². The van der Waals surface area contributed by atoms with E-state index in [1.165, 1.54) is 5.69 Å². The van der Waals surface area contributed by atoms with Crippen molar-refractivity contribution in [1.82, 2.24) is 14.4 Å². The van der Waals surface area contributed by atoms with Crippen LogP contribution >= 0.6 is 0 Å². The second-order valence-corrected chi connectivity index (χ2v) is 4.13. The van der Waals surface area contributed by atoms with Crippen molar-refractivity contribution in [2.75, 3.05) is 0 Å². The summed E-state index contributed by atoms with van der Waals surface area (Å²) in [6.07, 6.45) is 0. The van der Waals surface area contributed by atoms with Crippen LogP contribution in [0.4, 0.5) is 0 Å². The summed E-state index contributed by atoms with van der Waals surface area (Å²) in [5.41, 5.74) is 6.36. The van der Waals surface area contributed by atoms with Gasteiger partial charge in [-0.05, 0) is 32.9 Å². The first-order valence-corrected chi connectivity index (χ1v) is 5.39. The van der Waals surface area contributed by atoms with Crippen LogP contribution in [0.15, 0.2) is 24.3 Å². The van der Waals surface area contributed by atoms with Crippen molar-refractivity contribution < 1.29 is 32.7 Å². The number of benzene rings is 1. The van der Waals surface area contributed by atoms with Crippen molar-refractivity contribution >= 4 is 16.7 Å². The van der Waals surface area contributed by atoms with Gasteiger partial charge in [0.25, 0.3) is 0 Å². The minimum absolute atomic E-state index is 0. The molecule has 0 aliphatic heterocycles. The minimum atomic E-state index is 0. The molecule has 0 unspecified atom stereocenters. The number of nitrogens with zero attached hydrogens (tertiary/aromatic N) is 3. The summed E-state index contributed by atoms with van der Waals surface area (Å²) in [4.78, 5) is 9.14. The quantitative estimate of drug-likeness (QED) is 0.639. The molecule has 83 valence electrons. The fraction of sp³-hybridized carbons (Fsp3) is 0.231. The summed E-state index contributed by atoms with van der Waals surface area (Å²) in [6.45, 7) is 6.14. The number of aromatic nitrogens is 3. The van der Waals surface area contributed by atoms with E-state index in [2.05, 4.69) is 27.4 Å². The summed E-state index contributed by atoms with van der Waals surface area (Å²) in [5.74, 6) is 0. The second-order valence-electron chi connectivity index (χ2n) is 4.13. The molecule has 2 aromatic heterocycles.